The van der Waals surface area contributed by atoms with E-state index in [4.69, 9.17) is 0 Å². The zero-order chi connectivity index (χ0) is 15.0. The van der Waals surface area contributed by atoms with Crippen LogP contribution in [-0.2, 0) is 14.8 Å². The Kier molecular flexibility index (Phi) is 4.36. The molecule has 21 heavy (non-hydrogen) atoms. The fourth-order valence-electron chi connectivity index (χ4n) is 3.84. The standard InChI is InChI=1S/C14H25N3O3S/c1-21(19,20)17-4-2-3-12(10-17)9-14(18)13-11-15-5-7-16(13)8-6-15/h12-13H,2-11H2,1H3. The van der Waals surface area contributed by atoms with E-state index in [-0.39, 0.29) is 12.0 Å². The van der Waals surface area contributed by atoms with Gasteiger partial charge in [-0.1, -0.05) is 0 Å². The topological polar surface area (TPSA) is 60.9 Å². The van der Waals surface area contributed by atoms with Gasteiger partial charge in [-0.3, -0.25) is 14.6 Å². The molecule has 4 rings (SSSR count). The highest BCUT2D eigenvalue weighted by atomic mass is 32.2. The first-order valence-corrected chi connectivity index (χ1v) is 9.72. The molecule has 0 aromatic carbocycles. The summed E-state index contributed by atoms with van der Waals surface area (Å²) in [6.45, 7) is 6.13. The van der Waals surface area contributed by atoms with Gasteiger partial charge in [-0.2, -0.15) is 0 Å². The number of piperidine rings is 1. The molecule has 120 valence electrons. The van der Waals surface area contributed by atoms with Crippen molar-refractivity contribution in [2.24, 2.45) is 5.92 Å². The van der Waals surface area contributed by atoms with Gasteiger partial charge in [-0.25, -0.2) is 12.7 Å². The van der Waals surface area contributed by atoms with E-state index in [2.05, 4.69) is 9.80 Å². The molecule has 0 aliphatic carbocycles. The fourth-order valence-corrected chi connectivity index (χ4v) is 4.78. The second-order valence-electron chi connectivity index (χ2n) is 6.65. The minimum atomic E-state index is -3.12. The number of ketones is 1. The van der Waals surface area contributed by atoms with Crippen LogP contribution in [0.1, 0.15) is 19.3 Å². The first-order valence-electron chi connectivity index (χ1n) is 7.88. The zero-order valence-corrected chi connectivity index (χ0v) is 13.5. The Hall–Kier alpha value is -0.500. The number of sulfonamides is 1. The van der Waals surface area contributed by atoms with E-state index >= 15 is 0 Å². The van der Waals surface area contributed by atoms with Gasteiger partial charge in [0.05, 0.1) is 12.3 Å². The molecule has 4 saturated heterocycles. The van der Waals surface area contributed by atoms with Crippen LogP contribution in [0.25, 0.3) is 0 Å². The second kappa shape index (κ2) is 5.95. The quantitative estimate of drug-likeness (QED) is 0.707. The number of rotatable bonds is 4. The molecule has 4 fully saturated rings. The summed E-state index contributed by atoms with van der Waals surface area (Å²) in [6.07, 6.45) is 3.62. The molecule has 2 unspecified atom stereocenters. The predicted octanol–water partition coefficient (Wildman–Crippen LogP) is -0.383. The third-order valence-corrected chi connectivity index (χ3v) is 6.36. The smallest absolute Gasteiger partial charge is 0.211 e. The van der Waals surface area contributed by atoms with Gasteiger partial charge in [0.1, 0.15) is 0 Å². The van der Waals surface area contributed by atoms with Crippen molar-refractivity contribution in [2.75, 3.05) is 52.1 Å². The largest absolute Gasteiger partial charge is 0.299 e. The molecule has 0 spiro atoms. The van der Waals surface area contributed by atoms with Crippen molar-refractivity contribution in [1.29, 1.82) is 0 Å². The van der Waals surface area contributed by atoms with Gasteiger partial charge in [0, 0.05) is 52.2 Å². The summed E-state index contributed by atoms with van der Waals surface area (Å²) in [6, 6.07) is 0.0427. The van der Waals surface area contributed by atoms with Crippen molar-refractivity contribution in [3.05, 3.63) is 0 Å². The number of fused-ring (bicyclic) bond motifs is 3. The Labute approximate surface area is 127 Å². The van der Waals surface area contributed by atoms with Gasteiger partial charge >= 0.3 is 0 Å². The highest BCUT2D eigenvalue weighted by Crippen LogP contribution is 2.24. The van der Waals surface area contributed by atoms with Crippen LogP contribution in [0.2, 0.25) is 0 Å². The van der Waals surface area contributed by atoms with Gasteiger partial charge in [0.15, 0.2) is 5.78 Å². The number of hydrogen-bond donors (Lipinski definition) is 0. The Morgan fingerprint density at radius 1 is 1.10 bits per heavy atom. The molecule has 6 nitrogen and oxygen atoms in total. The summed E-state index contributed by atoms with van der Waals surface area (Å²) >= 11 is 0. The Morgan fingerprint density at radius 3 is 2.38 bits per heavy atom. The number of carbonyl (C=O) groups excluding carboxylic acids is 1. The van der Waals surface area contributed by atoms with Crippen LogP contribution in [0, 0.1) is 5.92 Å². The van der Waals surface area contributed by atoms with Crippen LogP contribution in [0.5, 0.6) is 0 Å². The van der Waals surface area contributed by atoms with Gasteiger partial charge in [-0.15, -0.1) is 0 Å². The molecule has 0 amide bonds. The van der Waals surface area contributed by atoms with E-state index in [1.165, 1.54) is 10.6 Å². The number of carbonyl (C=O) groups is 1. The predicted molar refractivity (Wildman–Crippen MR) is 80.6 cm³/mol. The Bertz CT molecular complexity index is 500. The van der Waals surface area contributed by atoms with Gasteiger partial charge in [0.2, 0.25) is 10.0 Å². The molecule has 0 aromatic rings. The maximum absolute atomic E-state index is 12.6. The number of nitrogens with zero attached hydrogens (tertiary/aromatic N) is 3. The molecule has 4 heterocycles. The maximum atomic E-state index is 12.6. The minimum Gasteiger partial charge on any atom is -0.299 e. The second-order valence-corrected chi connectivity index (χ2v) is 8.63. The van der Waals surface area contributed by atoms with Gasteiger partial charge in [-0.05, 0) is 18.8 Å². The van der Waals surface area contributed by atoms with Crippen molar-refractivity contribution in [1.82, 2.24) is 14.1 Å². The zero-order valence-electron chi connectivity index (χ0n) is 12.7. The number of hydrogen-bond acceptors (Lipinski definition) is 5. The van der Waals surface area contributed by atoms with Gasteiger partial charge in [0.25, 0.3) is 0 Å². The third kappa shape index (κ3) is 3.47. The summed E-state index contributed by atoms with van der Waals surface area (Å²) in [4.78, 5) is 17.2. The summed E-state index contributed by atoms with van der Waals surface area (Å²) in [5.41, 5.74) is 0. The molecule has 0 radical (unpaired) electrons. The molecule has 0 aromatic heterocycles. The van der Waals surface area contributed by atoms with Crippen molar-refractivity contribution >= 4 is 15.8 Å². The maximum Gasteiger partial charge on any atom is 0.211 e. The number of piperazine rings is 3. The van der Waals surface area contributed by atoms with Crippen LogP contribution in [-0.4, -0.2) is 86.4 Å². The van der Waals surface area contributed by atoms with E-state index in [9.17, 15) is 13.2 Å². The van der Waals surface area contributed by atoms with Crippen LogP contribution in [0.4, 0.5) is 0 Å². The third-order valence-electron chi connectivity index (χ3n) is 5.09. The average Bonchev–Trinajstić information content (AvgIpc) is 2.48. The number of Topliss-reactive ketones (excluding diaryl/α,β-unsaturated/α-hetero) is 1. The molecular formula is C14H25N3O3S. The van der Waals surface area contributed by atoms with Crippen molar-refractivity contribution < 1.29 is 13.2 Å². The van der Waals surface area contributed by atoms with Crippen molar-refractivity contribution in [2.45, 2.75) is 25.3 Å². The summed E-state index contributed by atoms with van der Waals surface area (Å²) in [7, 11) is -3.12. The van der Waals surface area contributed by atoms with E-state index in [1.54, 1.807) is 0 Å². The molecule has 2 atom stereocenters. The Balaban J connectivity index is 1.57. The van der Waals surface area contributed by atoms with Crippen LogP contribution < -0.4 is 0 Å². The SMILES string of the molecule is CS(=O)(=O)N1CCCC(CC(=O)C2CN3CCN2CC3)C1. The lowest BCUT2D eigenvalue weighted by Gasteiger charge is -2.47. The summed E-state index contributed by atoms with van der Waals surface area (Å²) in [5.74, 6) is 0.498. The van der Waals surface area contributed by atoms with Crippen LogP contribution in [0.3, 0.4) is 0 Å². The summed E-state index contributed by atoms with van der Waals surface area (Å²) < 4.78 is 24.8. The molecule has 0 saturated carbocycles. The van der Waals surface area contributed by atoms with E-state index in [0.29, 0.717) is 25.3 Å². The molecular weight excluding hydrogens is 290 g/mol. The molecule has 0 N–H and O–H groups in total. The van der Waals surface area contributed by atoms with Crippen molar-refractivity contribution in [3.63, 3.8) is 0 Å². The normalized spacial score (nSPS) is 37.6. The lowest BCUT2D eigenvalue weighted by molar-refractivity contribution is -0.130. The Morgan fingerprint density at radius 2 is 1.81 bits per heavy atom. The lowest BCUT2D eigenvalue weighted by atomic mass is 9.90. The van der Waals surface area contributed by atoms with Crippen molar-refractivity contribution in [3.8, 4) is 0 Å². The highest BCUT2D eigenvalue weighted by molar-refractivity contribution is 7.88. The fraction of sp³-hybridized carbons (Fsp3) is 0.929. The lowest BCUT2D eigenvalue weighted by Crippen LogP contribution is -2.63. The van der Waals surface area contributed by atoms with Crippen LogP contribution in [0.15, 0.2) is 0 Å². The molecule has 2 bridgehead atoms. The van der Waals surface area contributed by atoms with E-state index < -0.39 is 10.0 Å². The minimum absolute atomic E-state index is 0.0427. The molecule has 4 aliphatic rings. The highest BCUT2D eigenvalue weighted by Gasteiger charge is 2.37. The van der Waals surface area contributed by atoms with Crippen LogP contribution >= 0.6 is 0 Å². The first-order chi connectivity index (χ1) is 9.93. The van der Waals surface area contributed by atoms with E-state index in [1.807, 2.05) is 0 Å². The van der Waals surface area contributed by atoms with E-state index in [0.717, 1.165) is 45.6 Å². The molecule has 7 heteroatoms. The monoisotopic (exact) mass is 315 g/mol. The van der Waals surface area contributed by atoms with Gasteiger partial charge < -0.3 is 0 Å². The molecule has 4 aliphatic heterocycles. The summed E-state index contributed by atoms with van der Waals surface area (Å²) in [5, 5.41) is 0. The average molecular weight is 315 g/mol. The first kappa shape index (κ1) is 15.4.